The SMILES string of the molecule is Cc1cc(NC(=O)CN(C)S(C)(=O)=O)n(-c2nc(-c3ccco3)cs2)n1. The number of sulfonamides is 1. The lowest BCUT2D eigenvalue weighted by molar-refractivity contribution is -0.116. The van der Waals surface area contributed by atoms with Crippen LogP contribution in [0.4, 0.5) is 5.82 Å². The Kier molecular flexibility index (Phi) is 4.94. The first-order valence-electron chi connectivity index (χ1n) is 7.51. The Morgan fingerprint density at radius 1 is 1.46 bits per heavy atom. The van der Waals surface area contributed by atoms with Gasteiger partial charge in [-0.2, -0.15) is 14.1 Å². The van der Waals surface area contributed by atoms with Gasteiger partial charge in [0.2, 0.25) is 21.1 Å². The monoisotopic (exact) mass is 395 g/mol. The third kappa shape index (κ3) is 4.00. The van der Waals surface area contributed by atoms with Crippen LogP contribution < -0.4 is 5.32 Å². The molecule has 0 saturated heterocycles. The van der Waals surface area contributed by atoms with Gasteiger partial charge in [0.25, 0.3) is 0 Å². The minimum atomic E-state index is -3.44. The zero-order valence-electron chi connectivity index (χ0n) is 14.3. The lowest BCUT2D eigenvalue weighted by Crippen LogP contribution is -2.34. The number of hydrogen-bond acceptors (Lipinski definition) is 7. The zero-order chi connectivity index (χ0) is 18.9. The van der Waals surface area contributed by atoms with Gasteiger partial charge in [0.1, 0.15) is 11.5 Å². The number of carbonyl (C=O) groups excluding carboxylic acids is 1. The molecule has 0 bridgehead atoms. The maximum absolute atomic E-state index is 12.2. The van der Waals surface area contributed by atoms with Crippen molar-refractivity contribution in [3.05, 3.63) is 35.5 Å². The predicted octanol–water partition coefficient (Wildman–Crippen LogP) is 1.73. The molecule has 0 radical (unpaired) electrons. The van der Waals surface area contributed by atoms with Crippen LogP contribution in [-0.4, -0.2) is 53.2 Å². The second-order valence-electron chi connectivity index (χ2n) is 5.64. The molecule has 3 aromatic heterocycles. The number of nitrogens with zero attached hydrogens (tertiary/aromatic N) is 4. The Morgan fingerprint density at radius 2 is 2.23 bits per heavy atom. The number of aromatic nitrogens is 3. The fraction of sp³-hybridized carbons (Fsp3) is 0.267. The number of furan rings is 1. The Labute approximate surface area is 154 Å². The molecule has 0 fully saturated rings. The Hall–Kier alpha value is -2.50. The standard InChI is InChI=1S/C15H17N5O4S2/c1-10-7-13(17-14(21)8-19(2)26(3,22)23)20(18-10)15-16-11(9-25-15)12-5-4-6-24-12/h4-7,9H,8H2,1-3H3,(H,17,21). The molecule has 0 atom stereocenters. The maximum atomic E-state index is 12.2. The lowest BCUT2D eigenvalue weighted by atomic mass is 10.4. The molecule has 3 aromatic rings. The van der Waals surface area contributed by atoms with Gasteiger partial charge in [0, 0.05) is 18.5 Å². The van der Waals surface area contributed by atoms with E-state index >= 15 is 0 Å². The van der Waals surface area contributed by atoms with Gasteiger partial charge >= 0.3 is 0 Å². The molecular formula is C15H17N5O4S2. The molecule has 0 aliphatic rings. The minimum absolute atomic E-state index is 0.293. The van der Waals surface area contributed by atoms with Crippen LogP contribution in [0.3, 0.4) is 0 Å². The highest BCUT2D eigenvalue weighted by molar-refractivity contribution is 7.88. The first kappa shape index (κ1) is 18.3. The van der Waals surface area contributed by atoms with Crippen LogP contribution in [0.1, 0.15) is 5.69 Å². The van der Waals surface area contributed by atoms with Gasteiger partial charge in [-0.15, -0.1) is 11.3 Å². The van der Waals surface area contributed by atoms with Crippen molar-refractivity contribution in [2.45, 2.75) is 6.92 Å². The van der Waals surface area contributed by atoms with E-state index in [1.165, 1.54) is 23.1 Å². The molecular weight excluding hydrogens is 378 g/mol. The molecule has 0 aliphatic carbocycles. The van der Waals surface area contributed by atoms with Crippen LogP contribution in [0.25, 0.3) is 16.6 Å². The van der Waals surface area contributed by atoms with Crippen molar-refractivity contribution in [2.75, 3.05) is 25.2 Å². The van der Waals surface area contributed by atoms with E-state index in [1.54, 1.807) is 31.4 Å². The Bertz CT molecular complexity index is 1020. The topological polar surface area (TPSA) is 110 Å². The molecule has 0 aliphatic heterocycles. The van der Waals surface area contributed by atoms with Crippen molar-refractivity contribution in [3.63, 3.8) is 0 Å². The van der Waals surface area contributed by atoms with Gasteiger partial charge in [-0.1, -0.05) is 0 Å². The summed E-state index contributed by atoms with van der Waals surface area (Å²) >= 11 is 1.35. The third-order valence-corrected chi connectivity index (χ3v) is 5.56. The van der Waals surface area contributed by atoms with Crippen molar-refractivity contribution in [2.24, 2.45) is 0 Å². The summed E-state index contributed by atoms with van der Waals surface area (Å²) in [5, 5.41) is 9.40. The average Bonchev–Trinajstić information content (AvgIpc) is 3.25. The van der Waals surface area contributed by atoms with Crippen LogP contribution in [0.5, 0.6) is 0 Å². The Balaban J connectivity index is 1.82. The minimum Gasteiger partial charge on any atom is -0.463 e. The van der Waals surface area contributed by atoms with E-state index in [1.807, 2.05) is 5.38 Å². The third-order valence-electron chi connectivity index (χ3n) is 3.48. The summed E-state index contributed by atoms with van der Waals surface area (Å²) in [6.07, 6.45) is 2.61. The van der Waals surface area contributed by atoms with E-state index in [9.17, 15) is 13.2 Å². The summed E-state index contributed by atoms with van der Waals surface area (Å²) in [5.41, 5.74) is 1.35. The van der Waals surface area contributed by atoms with Crippen molar-refractivity contribution >= 4 is 33.1 Å². The van der Waals surface area contributed by atoms with E-state index < -0.39 is 15.9 Å². The molecule has 26 heavy (non-hydrogen) atoms. The van der Waals surface area contributed by atoms with Crippen LogP contribution in [0, 0.1) is 6.92 Å². The average molecular weight is 395 g/mol. The molecule has 0 saturated carbocycles. The van der Waals surface area contributed by atoms with Gasteiger partial charge in [-0.25, -0.2) is 13.4 Å². The molecule has 9 nitrogen and oxygen atoms in total. The van der Waals surface area contributed by atoms with Crippen molar-refractivity contribution in [1.29, 1.82) is 0 Å². The highest BCUT2D eigenvalue weighted by Gasteiger charge is 2.18. The second-order valence-corrected chi connectivity index (χ2v) is 8.57. The molecule has 1 N–H and O–H groups in total. The number of likely N-dealkylation sites (N-methyl/N-ethyl adjacent to an activating group) is 1. The first-order chi connectivity index (χ1) is 12.2. The molecule has 11 heteroatoms. The lowest BCUT2D eigenvalue weighted by Gasteiger charge is -2.13. The molecule has 0 unspecified atom stereocenters. The van der Waals surface area contributed by atoms with Crippen molar-refractivity contribution < 1.29 is 17.6 Å². The number of nitrogens with one attached hydrogen (secondary N) is 1. The number of hydrogen-bond donors (Lipinski definition) is 1. The van der Waals surface area contributed by atoms with E-state index in [-0.39, 0.29) is 6.54 Å². The summed E-state index contributed by atoms with van der Waals surface area (Å²) in [4.78, 5) is 16.6. The number of anilines is 1. The number of amides is 1. The van der Waals surface area contributed by atoms with E-state index in [4.69, 9.17) is 4.42 Å². The molecule has 0 aromatic carbocycles. The molecule has 0 spiro atoms. The van der Waals surface area contributed by atoms with Gasteiger partial charge in [-0.05, 0) is 19.1 Å². The smallest absolute Gasteiger partial charge is 0.240 e. The number of carbonyl (C=O) groups is 1. The van der Waals surface area contributed by atoms with Gasteiger partial charge in [0.05, 0.1) is 24.8 Å². The quantitative estimate of drug-likeness (QED) is 0.680. The first-order valence-corrected chi connectivity index (χ1v) is 10.2. The number of thiazole rings is 1. The van der Waals surface area contributed by atoms with Gasteiger partial charge in [-0.3, -0.25) is 4.79 Å². The van der Waals surface area contributed by atoms with E-state index in [0.29, 0.717) is 28.1 Å². The van der Waals surface area contributed by atoms with Crippen LogP contribution in [0.15, 0.2) is 34.3 Å². The fourth-order valence-electron chi connectivity index (χ4n) is 2.14. The van der Waals surface area contributed by atoms with Crippen LogP contribution in [0.2, 0.25) is 0 Å². The predicted molar refractivity (Wildman–Crippen MR) is 97.8 cm³/mol. The summed E-state index contributed by atoms with van der Waals surface area (Å²) in [6, 6.07) is 5.26. The molecule has 1 amide bonds. The summed E-state index contributed by atoms with van der Waals surface area (Å²) < 4.78 is 30.7. The summed E-state index contributed by atoms with van der Waals surface area (Å²) in [7, 11) is -2.10. The van der Waals surface area contributed by atoms with Crippen molar-refractivity contribution in [1.82, 2.24) is 19.1 Å². The largest absolute Gasteiger partial charge is 0.463 e. The van der Waals surface area contributed by atoms with Gasteiger partial charge in [0.15, 0.2) is 5.76 Å². The zero-order valence-corrected chi connectivity index (χ0v) is 16.0. The highest BCUT2D eigenvalue weighted by Crippen LogP contribution is 2.26. The highest BCUT2D eigenvalue weighted by atomic mass is 32.2. The van der Waals surface area contributed by atoms with Crippen LogP contribution in [-0.2, 0) is 14.8 Å². The molecule has 3 heterocycles. The molecule has 138 valence electrons. The summed E-state index contributed by atoms with van der Waals surface area (Å²) in [5.74, 6) is 0.577. The normalized spacial score (nSPS) is 11.8. The Morgan fingerprint density at radius 3 is 2.88 bits per heavy atom. The van der Waals surface area contributed by atoms with Gasteiger partial charge < -0.3 is 9.73 Å². The number of rotatable bonds is 6. The fourth-order valence-corrected chi connectivity index (χ4v) is 3.26. The second kappa shape index (κ2) is 7.02. The molecule has 3 rings (SSSR count). The summed E-state index contributed by atoms with van der Waals surface area (Å²) in [6.45, 7) is 1.49. The van der Waals surface area contributed by atoms with Crippen LogP contribution >= 0.6 is 11.3 Å². The van der Waals surface area contributed by atoms with E-state index in [2.05, 4.69) is 15.4 Å². The van der Waals surface area contributed by atoms with E-state index in [0.717, 1.165) is 10.6 Å². The van der Waals surface area contributed by atoms with Crippen molar-refractivity contribution in [3.8, 4) is 16.6 Å². The number of aryl methyl sites for hydroxylation is 1. The maximum Gasteiger partial charge on any atom is 0.240 e.